The molecule has 0 aliphatic heterocycles. The Hall–Kier alpha value is -0.770. The zero-order valence-corrected chi connectivity index (χ0v) is 12.5. The van der Waals surface area contributed by atoms with Gasteiger partial charge in [-0.2, -0.15) is 0 Å². The molecule has 0 amide bonds. The van der Waals surface area contributed by atoms with E-state index in [1.165, 1.54) is 12.8 Å². The summed E-state index contributed by atoms with van der Waals surface area (Å²) < 4.78 is 5.65. The zero-order valence-electron chi connectivity index (χ0n) is 11.7. The monoisotopic (exact) mass is 282 g/mol. The van der Waals surface area contributed by atoms with Gasteiger partial charge < -0.3 is 15.8 Å². The molecule has 3 N–H and O–H groups in total. The summed E-state index contributed by atoms with van der Waals surface area (Å²) in [6.45, 7) is 2.57. The van der Waals surface area contributed by atoms with Gasteiger partial charge in [-0.05, 0) is 37.5 Å². The average Bonchev–Trinajstić information content (AvgIpc) is 2.43. The van der Waals surface area contributed by atoms with Crippen LogP contribution in [0.5, 0.6) is 0 Å². The van der Waals surface area contributed by atoms with Gasteiger partial charge in [0.1, 0.15) is 0 Å². The number of aryl methyl sites for hydroxylation is 1. The smallest absolute Gasteiger partial charge is 0.0813 e. The molecule has 19 heavy (non-hydrogen) atoms. The summed E-state index contributed by atoms with van der Waals surface area (Å²) >= 11 is 6.19. The molecule has 1 aliphatic carbocycles. The van der Waals surface area contributed by atoms with Gasteiger partial charge in [-0.15, -0.1) is 0 Å². The van der Waals surface area contributed by atoms with E-state index in [9.17, 15) is 0 Å². The number of rotatable bonds is 4. The molecule has 4 heteroatoms. The number of hydrogen-bond donors (Lipinski definition) is 2. The summed E-state index contributed by atoms with van der Waals surface area (Å²) in [6.07, 6.45) is 4.64. The molecular weight excluding hydrogens is 260 g/mol. The van der Waals surface area contributed by atoms with Crippen LogP contribution in [0.15, 0.2) is 18.2 Å². The number of benzene rings is 1. The molecular formula is C15H23ClN2O. The van der Waals surface area contributed by atoms with Crippen LogP contribution in [0.4, 0.5) is 5.69 Å². The zero-order chi connectivity index (χ0) is 13.9. The molecule has 1 saturated carbocycles. The molecule has 1 aromatic rings. The van der Waals surface area contributed by atoms with Crippen molar-refractivity contribution in [1.82, 2.24) is 0 Å². The van der Waals surface area contributed by atoms with E-state index in [0.29, 0.717) is 6.54 Å². The lowest BCUT2D eigenvalue weighted by atomic mass is 9.78. The summed E-state index contributed by atoms with van der Waals surface area (Å²) in [6, 6.07) is 6.05. The highest BCUT2D eigenvalue weighted by atomic mass is 35.5. The molecule has 0 aromatic heterocycles. The number of halogens is 1. The van der Waals surface area contributed by atoms with Gasteiger partial charge in [-0.25, -0.2) is 0 Å². The van der Waals surface area contributed by atoms with Crippen molar-refractivity contribution in [3.8, 4) is 0 Å². The molecule has 0 bridgehead atoms. The second-order valence-electron chi connectivity index (χ2n) is 5.42. The van der Waals surface area contributed by atoms with Crippen molar-refractivity contribution < 1.29 is 4.74 Å². The van der Waals surface area contributed by atoms with E-state index in [-0.39, 0.29) is 11.6 Å². The van der Waals surface area contributed by atoms with Crippen molar-refractivity contribution in [2.75, 3.05) is 19.0 Å². The Morgan fingerprint density at radius 3 is 2.89 bits per heavy atom. The fourth-order valence-corrected chi connectivity index (χ4v) is 3.12. The van der Waals surface area contributed by atoms with Gasteiger partial charge >= 0.3 is 0 Å². The third kappa shape index (κ3) is 3.04. The van der Waals surface area contributed by atoms with Crippen molar-refractivity contribution in [2.24, 2.45) is 5.73 Å². The Labute approximate surface area is 120 Å². The molecule has 1 aromatic carbocycles. The Kier molecular flexibility index (Phi) is 4.71. The van der Waals surface area contributed by atoms with Gasteiger partial charge in [0.25, 0.3) is 0 Å². The van der Waals surface area contributed by atoms with Gasteiger partial charge in [0.15, 0.2) is 0 Å². The highest BCUT2D eigenvalue weighted by Crippen LogP contribution is 2.34. The van der Waals surface area contributed by atoms with Gasteiger partial charge in [-0.3, -0.25) is 0 Å². The third-order valence-corrected chi connectivity index (χ3v) is 4.58. The number of ether oxygens (including phenoxy) is 1. The fraction of sp³-hybridized carbons (Fsp3) is 0.600. The lowest BCUT2D eigenvalue weighted by molar-refractivity contribution is 0.0190. The van der Waals surface area contributed by atoms with Gasteiger partial charge in [0.05, 0.1) is 11.6 Å². The first-order chi connectivity index (χ1) is 9.11. The maximum Gasteiger partial charge on any atom is 0.0813 e. The maximum absolute atomic E-state index is 6.19. The Balaban J connectivity index is 2.23. The van der Waals surface area contributed by atoms with Crippen molar-refractivity contribution in [2.45, 2.75) is 44.2 Å². The molecule has 0 heterocycles. The highest BCUT2D eigenvalue weighted by molar-refractivity contribution is 6.31. The molecule has 3 nitrogen and oxygen atoms in total. The van der Waals surface area contributed by atoms with Crippen LogP contribution in [0, 0.1) is 6.92 Å². The van der Waals surface area contributed by atoms with Crippen LogP contribution >= 0.6 is 11.6 Å². The van der Waals surface area contributed by atoms with Crippen molar-refractivity contribution in [3.63, 3.8) is 0 Å². The second kappa shape index (κ2) is 6.12. The van der Waals surface area contributed by atoms with Gasteiger partial charge in [0.2, 0.25) is 0 Å². The summed E-state index contributed by atoms with van der Waals surface area (Å²) in [5.41, 5.74) is 7.97. The molecule has 2 atom stereocenters. The van der Waals surface area contributed by atoms with Crippen LogP contribution in [-0.2, 0) is 4.74 Å². The molecule has 0 spiro atoms. The molecule has 1 fully saturated rings. The lowest BCUT2D eigenvalue weighted by Crippen LogP contribution is -2.57. The molecule has 2 rings (SSSR count). The van der Waals surface area contributed by atoms with Crippen LogP contribution < -0.4 is 11.1 Å². The number of nitrogens with two attached hydrogens (primary N) is 1. The van der Waals surface area contributed by atoms with Crippen LogP contribution in [0.3, 0.4) is 0 Å². The summed E-state index contributed by atoms with van der Waals surface area (Å²) in [5.74, 6) is 0. The lowest BCUT2D eigenvalue weighted by Gasteiger charge is -2.44. The average molecular weight is 283 g/mol. The summed E-state index contributed by atoms with van der Waals surface area (Å²) in [4.78, 5) is 0. The quantitative estimate of drug-likeness (QED) is 0.890. The minimum absolute atomic E-state index is 0.159. The first kappa shape index (κ1) is 14.6. The van der Waals surface area contributed by atoms with Crippen molar-refractivity contribution in [1.29, 1.82) is 0 Å². The van der Waals surface area contributed by atoms with E-state index >= 15 is 0 Å². The van der Waals surface area contributed by atoms with Crippen LogP contribution in [0.25, 0.3) is 0 Å². The van der Waals surface area contributed by atoms with Crippen LogP contribution in [0.2, 0.25) is 5.02 Å². The van der Waals surface area contributed by atoms with E-state index < -0.39 is 0 Å². The van der Waals surface area contributed by atoms with Crippen LogP contribution in [0.1, 0.15) is 31.2 Å². The van der Waals surface area contributed by atoms with E-state index in [1.807, 2.05) is 19.1 Å². The normalized spacial score (nSPS) is 27.3. The maximum atomic E-state index is 6.19. The van der Waals surface area contributed by atoms with E-state index in [2.05, 4.69) is 11.4 Å². The van der Waals surface area contributed by atoms with Crippen molar-refractivity contribution in [3.05, 3.63) is 28.8 Å². The SMILES string of the molecule is COC1CCCCC1(CN)Nc1ccc(C)c(Cl)c1. The number of hydrogen-bond acceptors (Lipinski definition) is 3. The molecule has 106 valence electrons. The van der Waals surface area contributed by atoms with E-state index in [4.69, 9.17) is 22.1 Å². The summed E-state index contributed by atoms with van der Waals surface area (Å²) in [7, 11) is 1.77. The van der Waals surface area contributed by atoms with Gasteiger partial charge in [0, 0.05) is 24.4 Å². The topological polar surface area (TPSA) is 47.3 Å². The number of nitrogens with one attached hydrogen (secondary N) is 1. The van der Waals surface area contributed by atoms with E-state index in [0.717, 1.165) is 29.1 Å². The predicted molar refractivity (Wildman–Crippen MR) is 80.9 cm³/mol. The Bertz CT molecular complexity index is 438. The Morgan fingerprint density at radius 2 is 2.26 bits per heavy atom. The molecule has 2 unspecified atom stereocenters. The fourth-order valence-electron chi connectivity index (χ4n) is 2.94. The van der Waals surface area contributed by atoms with Crippen LogP contribution in [-0.4, -0.2) is 25.3 Å². The van der Waals surface area contributed by atoms with Crippen molar-refractivity contribution >= 4 is 17.3 Å². The largest absolute Gasteiger partial charge is 0.379 e. The highest BCUT2D eigenvalue weighted by Gasteiger charge is 2.40. The minimum atomic E-state index is -0.175. The van der Waals surface area contributed by atoms with Gasteiger partial charge in [-0.1, -0.05) is 30.5 Å². The standard InChI is InChI=1S/C15H23ClN2O/c1-11-6-7-12(9-13(11)16)18-15(10-17)8-4-3-5-14(15)19-2/h6-7,9,14,18H,3-5,8,10,17H2,1-2H3. The minimum Gasteiger partial charge on any atom is -0.379 e. The predicted octanol–water partition coefficient (Wildman–Crippen LogP) is 3.35. The molecule has 1 aliphatic rings. The summed E-state index contributed by atoms with van der Waals surface area (Å²) in [5, 5.41) is 4.36. The molecule has 0 saturated heterocycles. The third-order valence-electron chi connectivity index (χ3n) is 4.17. The number of anilines is 1. The molecule has 0 radical (unpaired) electrons. The number of methoxy groups -OCH3 is 1. The first-order valence-electron chi connectivity index (χ1n) is 6.88. The first-order valence-corrected chi connectivity index (χ1v) is 7.26. The van der Waals surface area contributed by atoms with E-state index in [1.54, 1.807) is 7.11 Å². The Morgan fingerprint density at radius 1 is 1.47 bits per heavy atom. The second-order valence-corrected chi connectivity index (χ2v) is 5.83.